The van der Waals surface area contributed by atoms with Crippen molar-refractivity contribution in [1.29, 1.82) is 0 Å². The van der Waals surface area contributed by atoms with Crippen molar-refractivity contribution >= 4 is 17.0 Å². The highest BCUT2D eigenvalue weighted by molar-refractivity contribution is 5.81. The summed E-state index contributed by atoms with van der Waals surface area (Å²) in [7, 11) is 1.79. The summed E-state index contributed by atoms with van der Waals surface area (Å²) in [5.74, 6) is 0.702. The Labute approximate surface area is 68.9 Å². The fourth-order valence-electron chi connectivity index (χ4n) is 0.978. The van der Waals surface area contributed by atoms with Crippen molar-refractivity contribution in [3.05, 3.63) is 18.7 Å². The Balaban J connectivity index is 2.79. The van der Waals surface area contributed by atoms with E-state index >= 15 is 0 Å². The van der Waals surface area contributed by atoms with Crippen molar-refractivity contribution < 1.29 is 0 Å². The van der Waals surface area contributed by atoms with E-state index in [1.165, 1.54) is 6.33 Å². The third-order valence-electron chi connectivity index (χ3n) is 1.51. The first-order valence-electron chi connectivity index (χ1n) is 3.51. The molecule has 5 nitrogen and oxygen atoms in total. The lowest BCUT2D eigenvalue weighted by molar-refractivity contribution is 1.14. The molecule has 60 valence electrons. The zero-order valence-electron chi connectivity index (χ0n) is 6.52. The molecule has 2 heterocycles. The molecule has 1 N–H and O–H groups in total. The van der Waals surface area contributed by atoms with Gasteiger partial charge in [0.25, 0.3) is 0 Å². The highest BCUT2D eigenvalue weighted by Crippen LogP contribution is 2.11. The molecule has 0 atom stereocenters. The molecule has 0 aromatic carbocycles. The summed E-state index contributed by atoms with van der Waals surface area (Å²) in [4.78, 5) is 16.1. The van der Waals surface area contributed by atoms with Crippen LogP contribution in [-0.4, -0.2) is 27.0 Å². The SMILES string of the molecule is CNc1ncnc2nccnc12. The van der Waals surface area contributed by atoms with Crippen LogP contribution < -0.4 is 5.32 Å². The first-order chi connectivity index (χ1) is 5.92. The number of hydrogen-bond donors (Lipinski definition) is 1. The standard InChI is InChI=1S/C7H7N5/c1-8-6-5-7(12-4-11-6)10-3-2-9-5/h2-4H,1H3,(H,8,10,11,12). The maximum Gasteiger partial charge on any atom is 0.183 e. The molecule has 0 spiro atoms. The molecule has 5 heteroatoms. The van der Waals surface area contributed by atoms with Crippen LogP contribution in [0.5, 0.6) is 0 Å². The van der Waals surface area contributed by atoms with Crippen LogP contribution in [0.15, 0.2) is 18.7 Å². The maximum atomic E-state index is 4.10. The summed E-state index contributed by atoms with van der Waals surface area (Å²) in [6.07, 6.45) is 4.68. The van der Waals surface area contributed by atoms with Crippen LogP contribution in [0.2, 0.25) is 0 Å². The van der Waals surface area contributed by atoms with Crippen molar-refractivity contribution in [1.82, 2.24) is 19.9 Å². The van der Waals surface area contributed by atoms with E-state index in [-0.39, 0.29) is 0 Å². The average Bonchev–Trinajstić information content (AvgIpc) is 2.17. The average molecular weight is 161 g/mol. The third-order valence-corrected chi connectivity index (χ3v) is 1.51. The fourth-order valence-corrected chi connectivity index (χ4v) is 0.978. The molecule has 0 aliphatic carbocycles. The largest absolute Gasteiger partial charge is 0.371 e. The van der Waals surface area contributed by atoms with Crippen LogP contribution >= 0.6 is 0 Å². The minimum atomic E-state index is 0.608. The zero-order valence-corrected chi connectivity index (χ0v) is 6.52. The number of rotatable bonds is 1. The van der Waals surface area contributed by atoms with E-state index in [4.69, 9.17) is 0 Å². The summed E-state index contributed by atoms with van der Waals surface area (Å²) >= 11 is 0. The molecule has 0 amide bonds. The quantitative estimate of drug-likeness (QED) is 0.658. The van der Waals surface area contributed by atoms with Crippen LogP contribution in [0, 0.1) is 0 Å². The van der Waals surface area contributed by atoms with Crippen LogP contribution in [0.1, 0.15) is 0 Å². The Bertz CT molecular complexity index is 394. The number of hydrogen-bond acceptors (Lipinski definition) is 5. The van der Waals surface area contributed by atoms with E-state index in [0.717, 1.165) is 0 Å². The smallest absolute Gasteiger partial charge is 0.183 e. The minimum absolute atomic E-state index is 0.608. The first-order valence-corrected chi connectivity index (χ1v) is 3.51. The van der Waals surface area contributed by atoms with Crippen LogP contribution in [0.4, 0.5) is 5.82 Å². The predicted octanol–water partition coefficient (Wildman–Crippen LogP) is 0.461. The summed E-state index contributed by atoms with van der Waals surface area (Å²) in [5, 5.41) is 2.92. The minimum Gasteiger partial charge on any atom is -0.371 e. The van der Waals surface area contributed by atoms with Crippen LogP contribution in [0.3, 0.4) is 0 Å². The molecule has 0 unspecified atom stereocenters. The van der Waals surface area contributed by atoms with E-state index in [0.29, 0.717) is 17.0 Å². The Morgan fingerprint density at radius 3 is 2.75 bits per heavy atom. The van der Waals surface area contributed by atoms with Gasteiger partial charge in [0.2, 0.25) is 0 Å². The molecule has 0 saturated heterocycles. The van der Waals surface area contributed by atoms with E-state index in [1.54, 1.807) is 19.4 Å². The molecule has 2 aromatic heterocycles. The molecule has 0 bridgehead atoms. The summed E-state index contributed by atoms with van der Waals surface area (Å²) < 4.78 is 0. The van der Waals surface area contributed by atoms with E-state index in [9.17, 15) is 0 Å². The maximum absolute atomic E-state index is 4.10. The second-order valence-electron chi connectivity index (χ2n) is 2.20. The van der Waals surface area contributed by atoms with Gasteiger partial charge in [-0.05, 0) is 0 Å². The van der Waals surface area contributed by atoms with Gasteiger partial charge in [0, 0.05) is 19.4 Å². The predicted molar refractivity (Wildman–Crippen MR) is 44.7 cm³/mol. The van der Waals surface area contributed by atoms with Crippen molar-refractivity contribution in [2.75, 3.05) is 12.4 Å². The Morgan fingerprint density at radius 1 is 1.08 bits per heavy atom. The van der Waals surface area contributed by atoms with E-state index < -0.39 is 0 Å². The van der Waals surface area contributed by atoms with Gasteiger partial charge in [-0.1, -0.05) is 0 Å². The molecule has 2 aromatic rings. The second kappa shape index (κ2) is 2.69. The van der Waals surface area contributed by atoms with E-state index in [1.807, 2.05) is 0 Å². The van der Waals surface area contributed by atoms with Gasteiger partial charge in [-0.15, -0.1) is 0 Å². The lowest BCUT2D eigenvalue weighted by Gasteiger charge is -1.99. The van der Waals surface area contributed by atoms with Gasteiger partial charge in [-0.2, -0.15) is 0 Å². The van der Waals surface area contributed by atoms with Crippen molar-refractivity contribution in [2.24, 2.45) is 0 Å². The Kier molecular flexibility index (Phi) is 1.55. The molecule has 0 radical (unpaired) electrons. The van der Waals surface area contributed by atoms with Gasteiger partial charge in [-0.25, -0.2) is 19.9 Å². The van der Waals surface area contributed by atoms with Crippen molar-refractivity contribution in [2.45, 2.75) is 0 Å². The van der Waals surface area contributed by atoms with Gasteiger partial charge < -0.3 is 5.32 Å². The third kappa shape index (κ3) is 0.952. The van der Waals surface area contributed by atoms with Crippen LogP contribution in [-0.2, 0) is 0 Å². The molecule has 0 fully saturated rings. The molecule has 0 saturated carbocycles. The van der Waals surface area contributed by atoms with Gasteiger partial charge >= 0.3 is 0 Å². The lowest BCUT2D eigenvalue weighted by atomic mass is 10.5. The molecular weight excluding hydrogens is 154 g/mol. The summed E-state index contributed by atoms with van der Waals surface area (Å²) in [6.45, 7) is 0. The first kappa shape index (κ1) is 6.90. The normalized spacial score (nSPS) is 10.1. The van der Waals surface area contributed by atoms with Gasteiger partial charge in [0.05, 0.1) is 0 Å². The van der Waals surface area contributed by atoms with Gasteiger partial charge in [0.15, 0.2) is 11.5 Å². The lowest BCUT2D eigenvalue weighted by Crippen LogP contribution is -1.97. The Hall–Kier alpha value is -1.78. The number of aromatic nitrogens is 4. The summed E-state index contributed by atoms with van der Waals surface area (Å²) in [5.41, 5.74) is 1.30. The number of nitrogens with zero attached hydrogens (tertiary/aromatic N) is 4. The molecular formula is C7H7N5. The molecule has 12 heavy (non-hydrogen) atoms. The van der Waals surface area contributed by atoms with Crippen LogP contribution in [0.25, 0.3) is 11.2 Å². The second-order valence-corrected chi connectivity index (χ2v) is 2.20. The van der Waals surface area contributed by atoms with Gasteiger partial charge in [0.1, 0.15) is 11.8 Å². The Morgan fingerprint density at radius 2 is 1.92 bits per heavy atom. The highest BCUT2D eigenvalue weighted by atomic mass is 15.0. The topological polar surface area (TPSA) is 63.6 Å². The molecule has 2 rings (SSSR count). The zero-order chi connectivity index (χ0) is 8.39. The van der Waals surface area contributed by atoms with E-state index in [2.05, 4.69) is 25.3 Å². The summed E-state index contributed by atoms with van der Waals surface area (Å²) in [6, 6.07) is 0. The monoisotopic (exact) mass is 161 g/mol. The molecule has 0 aliphatic heterocycles. The number of fused-ring (bicyclic) bond motifs is 1. The molecule has 0 aliphatic rings. The number of nitrogens with one attached hydrogen (secondary N) is 1. The highest BCUT2D eigenvalue weighted by Gasteiger charge is 2.01. The number of anilines is 1. The van der Waals surface area contributed by atoms with Gasteiger partial charge in [-0.3, -0.25) is 0 Å². The fraction of sp³-hybridized carbons (Fsp3) is 0.143. The van der Waals surface area contributed by atoms with Crippen molar-refractivity contribution in [3.63, 3.8) is 0 Å². The van der Waals surface area contributed by atoms with Crippen molar-refractivity contribution in [3.8, 4) is 0 Å².